The number of carbonyl (C=O) groups is 2. The topological polar surface area (TPSA) is 118 Å². The van der Waals surface area contributed by atoms with Crippen LogP contribution in [-0.4, -0.2) is 72.3 Å². The first-order valence-electron chi connectivity index (χ1n) is 9.78. The lowest BCUT2D eigenvalue weighted by atomic mass is 10.3. The summed E-state index contributed by atoms with van der Waals surface area (Å²) < 4.78 is 43.2. The standard InChI is InChI=1S/C19H21ClN2O5.C2HF3O2/c20-14-5-7-16(8-6-14)27-17-10-22(26-12-17)9-15(24)11-25-19-4-2-1-3-18(19)21-13-23;3-2(4,5)1(6)7/h1-8,13,15,17,24H,9-12H2,(H,21,23);(H,6,7)/t15-,17+;/m0./s1. The Morgan fingerprint density at radius 1 is 1.26 bits per heavy atom. The highest BCUT2D eigenvalue weighted by Crippen LogP contribution is 2.23. The lowest BCUT2D eigenvalue weighted by Gasteiger charge is -2.19. The van der Waals surface area contributed by atoms with Crippen molar-refractivity contribution in [3.8, 4) is 11.5 Å². The molecule has 9 nitrogen and oxygen atoms in total. The molecular weight excluding hydrogens is 485 g/mol. The van der Waals surface area contributed by atoms with Crippen molar-refractivity contribution in [1.29, 1.82) is 0 Å². The van der Waals surface area contributed by atoms with E-state index in [1.165, 1.54) is 0 Å². The second-order valence-electron chi connectivity index (χ2n) is 6.86. The van der Waals surface area contributed by atoms with Gasteiger partial charge in [0.15, 0.2) is 0 Å². The van der Waals surface area contributed by atoms with Crippen LogP contribution in [0.2, 0.25) is 5.02 Å². The molecule has 13 heteroatoms. The number of aliphatic carboxylic acids is 1. The molecule has 0 saturated carbocycles. The third-order valence-corrected chi connectivity index (χ3v) is 4.41. The highest BCUT2D eigenvalue weighted by molar-refractivity contribution is 6.30. The maximum absolute atomic E-state index is 10.6. The minimum atomic E-state index is -5.08. The van der Waals surface area contributed by atoms with E-state index < -0.39 is 18.2 Å². The number of para-hydroxylation sites is 2. The SMILES string of the molecule is O=C(O)C(F)(F)F.O=CNc1ccccc1OC[C@@H](O)CN1C[C@@H](Oc2ccc(Cl)cc2)CO1. The number of halogens is 4. The Labute approximate surface area is 197 Å². The van der Waals surface area contributed by atoms with Crippen LogP contribution >= 0.6 is 11.6 Å². The first-order valence-corrected chi connectivity index (χ1v) is 10.2. The van der Waals surface area contributed by atoms with Crippen molar-refractivity contribution in [2.24, 2.45) is 0 Å². The summed E-state index contributed by atoms with van der Waals surface area (Å²) in [6.45, 7) is 1.29. The number of nitrogens with one attached hydrogen (secondary N) is 1. The molecule has 1 saturated heterocycles. The van der Waals surface area contributed by atoms with E-state index in [2.05, 4.69) is 5.32 Å². The van der Waals surface area contributed by atoms with Gasteiger partial charge in [-0.1, -0.05) is 23.7 Å². The average Bonchev–Trinajstić information content (AvgIpc) is 3.21. The molecule has 3 N–H and O–H groups in total. The van der Waals surface area contributed by atoms with E-state index in [0.29, 0.717) is 36.0 Å². The summed E-state index contributed by atoms with van der Waals surface area (Å²) in [5.74, 6) is -1.54. The highest BCUT2D eigenvalue weighted by Gasteiger charge is 2.38. The number of hydrogen-bond acceptors (Lipinski definition) is 7. The molecule has 1 heterocycles. The van der Waals surface area contributed by atoms with E-state index in [9.17, 15) is 23.1 Å². The van der Waals surface area contributed by atoms with Gasteiger partial charge in [0.25, 0.3) is 0 Å². The number of aliphatic hydroxyl groups is 1. The van der Waals surface area contributed by atoms with Crippen molar-refractivity contribution in [1.82, 2.24) is 5.06 Å². The lowest BCUT2D eigenvalue weighted by Crippen LogP contribution is -2.34. The molecular formula is C21H22ClF3N2O7. The molecule has 1 fully saturated rings. The van der Waals surface area contributed by atoms with Gasteiger partial charge in [0.1, 0.15) is 36.9 Å². The number of benzene rings is 2. The normalized spacial score (nSPS) is 16.7. The number of alkyl halides is 3. The van der Waals surface area contributed by atoms with Crippen LogP contribution in [0.4, 0.5) is 18.9 Å². The number of ether oxygens (including phenoxy) is 2. The van der Waals surface area contributed by atoms with Crippen LogP contribution in [-0.2, 0) is 14.4 Å². The second-order valence-corrected chi connectivity index (χ2v) is 7.30. The molecule has 0 bridgehead atoms. The quantitative estimate of drug-likeness (QED) is 0.444. The smallest absolute Gasteiger partial charge is 0.489 e. The lowest BCUT2D eigenvalue weighted by molar-refractivity contribution is -0.192. The van der Waals surface area contributed by atoms with Crippen molar-refractivity contribution in [2.45, 2.75) is 18.4 Å². The molecule has 1 amide bonds. The van der Waals surface area contributed by atoms with Crippen LogP contribution in [0, 0.1) is 0 Å². The third kappa shape index (κ3) is 9.43. The number of rotatable bonds is 9. The fourth-order valence-electron chi connectivity index (χ4n) is 2.67. The monoisotopic (exact) mass is 506 g/mol. The van der Waals surface area contributed by atoms with Crippen LogP contribution in [0.25, 0.3) is 0 Å². The summed E-state index contributed by atoms with van der Waals surface area (Å²) in [6.07, 6.45) is -5.39. The molecule has 0 aliphatic carbocycles. The molecule has 0 unspecified atom stereocenters. The van der Waals surface area contributed by atoms with Gasteiger partial charge in [0.05, 0.1) is 18.8 Å². The number of hydrogen-bond donors (Lipinski definition) is 3. The van der Waals surface area contributed by atoms with Gasteiger partial charge in [-0.25, -0.2) is 4.79 Å². The number of carboxylic acids is 1. The zero-order valence-electron chi connectivity index (χ0n) is 17.6. The summed E-state index contributed by atoms with van der Waals surface area (Å²) in [7, 11) is 0. The van der Waals surface area contributed by atoms with E-state index >= 15 is 0 Å². The Kier molecular flexibility index (Phi) is 10.4. The maximum Gasteiger partial charge on any atom is 0.490 e. The van der Waals surface area contributed by atoms with Gasteiger partial charge >= 0.3 is 12.1 Å². The summed E-state index contributed by atoms with van der Waals surface area (Å²) in [6, 6.07) is 14.2. The minimum Gasteiger partial charge on any atom is -0.489 e. The largest absolute Gasteiger partial charge is 0.490 e. The van der Waals surface area contributed by atoms with Crippen molar-refractivity contribution in [2.75, 3.05) is 31.6 Å². The van der Waals surface area contributed by atoms with Crippen LogP contribution in [0.3, 0.4) is 0 Å². The zero-order valence-corrected chi connectivity index (χ0v) is 18.3. The molecule has 1 aliphatic heterocycles. The van der Waals surface area contributed by atoms with Gasteiger partial charge in [0, 0.05) is 5.02 Å². The predicted molar refractivity (Wildman–Crippen MR) is 115 cm³/mol. The number of hydroxylamine groups is 2. The number of carbonyl (C=O) groups excluding carboxylic acids is 1. The molecule has 34 heavy (non-hydrogen) atoms. The molecule has 1 aliphatic rings. The van der Waals surface area contributed by atoms with Gasteiger partial charge in [-0.3, -0.25) is 9.63 Å². The third-order valence-electron chi connectivity index (χ3n) is 4.16. The summed E-state index contributed by atoms with van der Waals surface area (Å²) >= 11 is 5.86. The Hall–Kier alpha value is -3.06. The number of nitrogens with zero attached hydrogens (tertiary/aromatic N) is 1. The molecule has 0 aromatic heterocycles. The predicted octanol–water partition coefficient (Wildman–Crippen LogP) is 2.98. The second kappa shape index (κ2) is 13.0. The van der Waals surface area contributed by atoms with E-state index in [4.69, 9.17) is 35.8 Å². The molecule has 2 atom stereocenters. The van der Waals surface area contributed by atoms with Gasteiger partial charge in [-0.2, -0.15) is 18.2 Å². The fourth-order valence-corrected chi connectivity index (χ4v) is 2.80. The first-order chi connectivity index (χ1) is 16.1. The van der Waals surface area contributed by atoms with E-state index in [1.807, 2.05) is 0 Å². The molecule has 3 rings (SSSR count). The van der Waals surface area contributed by atoms with Crippen molar-refractivity contribution < 1.29 is 47.3 Å². The Morgan fingerprint density at radius 3 is 2.53 bits per heavy atom. The van der Waals surface area contributed by atoms with Crippen molar-refractivity contribution in [3.05, 3.63) is 53.6 Å². The number of amides is 1. The number of carboxylic acid groups (broad SMARTS) is 1. The van der Waals surface area contributed by atoms with E-state index in [0.717, 1.165) is 5.75 Å². The van der Waals surface area contributed by atoms with Gasteiger partial charge < -0.3 is 25.0 Å². The Bertz CT molecular complexity index is 931. The summed E-state index contributed by atoms with van der Waals surface area (Å²) in [5.41, 5.74) is 0.550. The number of β-amino-alcohol motifs (C(OH)–C–C–N with tert-alkyl or cyclic N) is 1. The van der Waals surface area contributed by atoms with Crippen LogP contribution in [0.5, 0.6) is 11.5 Å². The number of aliphatic hydroxyl groups excluding tert-OH is 1. The van der Waals surface area contributed by atoms with Crippen molar-refractivity contribution in [3.63, 3.8) is 0 Å². The van der Waals surface area contributed by atoms with Gasteiger partial charge in [-0.05, 0) is 36.4 Å². The Morgan fingerprint density at radius 2 is 1.91 bits per heavy atom. The number of anilines is 1. The zero-order chi connectivity index (χ0) is 25.1. The average molecular weight is 507 g/mol. The molecule has 186 valence electrons. The van der Waals surface area contributed by atoms with Crippen LogP contribution < -0.4 is 14.8 Å². The summed E-state index contributed by atoms with van der Waals surface area (Å²) in [5, 5.41) is 22.2. The highest BCUT2D eigenvalue weighted by atomic mass is 35.5. The molecule has 2 aromatic carbocycles. The van der Waals surface area contributed by atoms with Crippen LogP contribution in [0.15, 0.2) is 48.5 Å². The Balaban J connectivity index is 0.000000509. The molecule has 2 aromatic rings. The van der Waals surface area contributed by atoms with Gasteiger partial charge in [-0.15, -0.1) is 0 Å². The van der Waals surface area contributed by atoms with E-state index in [1.54, 1.807) is 53.6 Å². The molecule has 0 spiro atoms. The fraction of sp³-hybridized carbons (Fsp3) is 0.333. The minimum absolute atomic E-state index is 0.0696. The van der Waals surface area contributed by atoms with Gasteiger partial charge in [0.2, 0.25) is 6.41 Å². The van der Waals surface area contributed by atoms with E-state index in [-0.39, 0.29) is 19.3 Å². The van der Waals surface area contributed by atoms with Crippen LogP contribution in [0.1, 0.15) is 0 Å². The van der Waals surface area contributed by atoms with Crippen molar-refractivity contribution >= 4 is 29.7 Å². The summed E-state index contributed by atoms with van der Waals surface area (Å²) in [4.78, 5) is 25.1. The molecule has 0 radical (unpaired) electrons. The maximum atomic E-state index is 10.6. The first kappa shape index (κ1) is 27.2.